The molecule has 0 saturated carbocycles. The topological polar surface area (TPSA) is 65.4 Å². The Balaban J connectivity index is 2.35. The van der Waals surface area contributed by atoms with Gasteiger partial charge in [-0.05, 0) is 18.6 Å². The van der Waals surface area contributed by atoms with E-state index in [4.69, 9.17) is 0 Å². The van der Waals surface area contributed by atoms with Crippen molar-refractivity contribution < 1.29 is 10.2 Å². The number of aliphatic hydroxyl groups is 1. The van der Waals surface area contributed by atoms with Gasteiger partial charge in [0.15, 0.2) is 0 Å². The van der Waals surface area contributed by atoms with Gasteiger partial charge < -0.3 is 15.5 Å². The van der Waals surface area contributed by atoms with E-state index in [-0.39, 0.29) is 11.9 Å². The monoisotopic (exact) mass is 196 g/mol. The minimum absolute atomic E-state index is 0.186. The van der Waals surface area contributed by atoms with Crippen molar-refractivity contribution in [2.75, 3.05) is 6.54 Å². The van der Waals surface area contributed by atoms with Gasteiger partial charge in [-0.25, -0.2) is 0 Å². The van der Waals surface area contributed by atoms with Crippen molar-refractivity contribution in [3.63, 3.8) is 0 Å². The quantitative estimate of drug-likeness (QED) is 0.647. The molecular formula is C10H16N2O2. The molecule has 4 heteroatoms. The number of aromatic hydroxyl groups is 1. The van der Waals surface area contributed by atoms with Crippen LogP contribution >= 0.6 is 0 Å². The van der Waals surface area contributed by atoms with E-state index in [1.54, 1.807) is 18.3 Å². The highest BCUT2D eigenvalue weighted by Crippen LogP contribution is 2.11. The van der Waals surface area contributed by atoms with E-state index < -0.39 is 0 Å². The molecule has 78 valence electrons. The molecule has 0 fully saturated rings. The van der Waals surface area contributed by atoms with Gasteiger partial charge in [0.05, 0.1) is 11.8 Å². The van der Waals surface area contributed by atoms with Crippen LogP contribution in [-0.2, 0) is 6.54 Å². The summed E-state index contributed by atoms with van der Waals surface area (Å²) >= 11 is 0. The van der Waals surface area contributed by atoms with Crippen molar-refractivity contribution in [1.29, 1.82) is 0 Å². The van der Waals surface area contributed by atoms with Crippen molar-refractivity contribution in [2.24, 2.45) is 0 Å². The van der Waals surface area contributed by atoms with Crippen LogP contribution in [0.1, 0.15) is 19.0 Å². The van der Waals surface area contributed by atoms with Crippen LogP contribution in [0.5, 0.6) is 5.75 Å². The summed E-state index contributed by atoms with van der Waals surface area (Å²) in [5.74, 6) is 0.186. The lowest BCUT2D eigenvalue weighted by atomic mass is 10.2. The fourth-order valence-corrected chi connectivity index (χ4v) is 1.07. The third-order valence-electron chi connectivity index (χ3n) is 2.01. The van der Waals surface area contributed by atoms with Gasteiger partial charge in [0.1, 0.15) is 5.75 Å². The van der Waals surface area contributed by atoms with Crippen LogP contribution in [0.4, 0.5) is 0 Å². The van der Waals surface area contributed by atoms with Gasteiger partial charge in [-0.1, -0.05) is 6.92 Å². The second-order valence-electron chi connectivity index (χ2n) is 3.16. The molecule has 0 aliphatic rings. The average molecular weight is 196 g/mol. The lowest BCUT2D eigenvalue weighted by molar-refractivity contribution is 0.167. The van der Waals surface area contributed by atoms with Crippen molar-refractivity contribution in [3.8, 4) is 5.75 Å². The summed E-state index contributed by atoms with van der Waals surface area (Å²) in [7, 11) is 0. The Labute approximate surface area is 83.6 Å². The van der Waals surface area contributed by atoms with Crippen LogP contribution < -0.4 is 5.32 Å². The SMILES string of the molecule is CCC(O)CNCc1ncccc1O. The van der Waals surface area contributed by atoms with Gasteiger partial charge in [-0.15, -0.1) is 0 Å². The number of rotatable bonds is 5. The zero-order chi connectivity index (χ0) is 10.4. The smallest absolute Gasteiger partial charge is 0.138 e. The Morgan fingerprint density at radius 2 is 2.36 bits per heavy atom. The first-order chi connectivity index (χ1) is 6.74. The fraction of sp³-hybridized carbons (Fsp3) is 0.500. The zero-order valence-corrected chi connectivity index (χ0v) is 8.27. The fourth-order valence-electron chi connectivity index (χ4n) is 1.07. The summed E-state index contributed by atoms with van der Waals surface area (Å²) in [4.78, 5) is 4.01. The van der Waals surface area contributed by atoms with Crippen molar-refractivity contribution in [3.05, 3.63) is 24.0 Å². The maximum Gasteiger partial charge on any atom is 0.138 e. The molecule has 0 spiro atoms. The number of nitrogens with one attached hydrogen (secondary N) is 1. The number of aliphatic hydroxyl groups excluding tert-OH is 1. The molecule has 1 rings (SSSR count). The van der Waals surface area contributed by atoms with Gasteiger partial charge in [0, 0.05) is 19.3 Å². The molecule has 4 nitrogen and oxygen atoms in total. The Bertz CT molecular complexity index is 279. The lowest BCUT2D eigenvalue weighted by Crippen LogP contribution is -2.26. The first kappa shape index (κ1) is 10.9. The molecule has 0 radical (unpaired) electrons. The normalized spacial score (nSPS) is 12.7. The van der Waals surface area contributed by atoms with E-state index >= 15 is 0 Å². The molecule has 0 saturated heterocycles. The van der Waals surface area contributed by atoms with Crippen LogP contribution in [0.15, 0.2) is 18.3 Å². The lowest BCUT2D eigenvalue weighted by Gasteiger charge is -2.09. The van der Waals surface area contributed by atoms with Crippen LogP contribution in [0.2, 0.25) is 0 Å². The number of aromatic nitrogens is 1. The van der Waals surface area contributed by atoms with Gasteiger partial charge in [0.2, 0.25) is 0 Å². The molecule has 1 heterocycles. The minimum atomic E-state index is -0.333. The van der Waals surface area contributed by atoms with Crippen LogP contribution in [-0.4, -0.2) is 27.8 Å². The summed E-state index contributed by atoms with van der Waals surface area (Å²) < 4.78 is 0. The Morgan fingerprint density at radius 1 is 1.57 bits per heavy atom. The van der Waals surface area contributed by atoms with Gasteiger partial charge >= 0.3 is 0 Å². The second kappa shape index (κ2) is 5.57. The van der Waals surface area contributed by atoms with E-state index in [1.165, 1.54) is 0 Å². The molecule has 1 atom stereocenters. The average Bonchev–Trinajstić information content (AvgIpc) is 2.20. The zero-order valence-electron chi connectivity index (χ0n) is 8.27. The molecule has 1 aromatic heterocycles. The molecule has 0 aromatic carbocycles. The summed E-state index contributed by atoms with van der Waals surface area (Å²) in [6.07, 6.45) is 2.02. The maximum absolute atomic E-state index is 9.37. The molecule has 0 amide bonds. The number of hydrogen-bond donors (Lipinski definition) is 3. The third kappa shape index (κ3) is 3.32. The summed E-state index contributed by atoms with van der Waals surface area (Å²) in [6.45, 7) is 2.92. The van der Waals surface area contributed by atoms with Gasteiger partial charge in [-0.3, -0.25) is 4.98 Å². The molecular weight excluding hydrogens is 180 g/mol. The highest BCUT2D eigenvalue weighted by atomic mass is 16.3. The number of nitrogens with zero attached hydrogens (tertiary/aromatic N) is 1. The summed E-state index contributed by atoms with van der Waals surface area (Å²) in [5, 5.41) is 21.6. The summed E-state index contributed by atoms with van der Waals surface area (Å²) in [5.41, 5.74) is 0.607. The first-order valence-corrected chi connectivity index (χ1v) is 4.75. The second-order valence-corrected chi connectivity index (χ2v) is 3.16. The Kier molecular flexibility index (Phi) is 4.35. The summed E-state index contributed by atoms with van der Waals surface area (Å²) in [6, 6.07) is 3.28. The molecule has 14 heavy (non-hydrogen) atoms. The van der Waals surface area contributed by atoms with E-state index in [9.17, 15) is 10.2 Å². The predicted octanol–water partition coefficient (Wildman–Crippen LogP) is 0.648. The van der Waals surface area contributed by atoms with Crippen molar-refractivity contribution in [1.82, 2.24) is 10.3 Å². The number of hydrogen-bond acceptors (Lipinski definition) is 4. The van der Waals surface area contributed by atoms with Crippen molar-refractivity contribution >= 4 is 0 Å². The standard InChI is InChI=1S/C10H16N2O2/c1-2-8(13)6-11-7-9-10(14)4-3-5-12-9/h3-5,8,11,13-14H,2,6-7H2,1H3. The predicted molar refractivity (Wildman–Crippen MR) is 53.9 cm³/mol. The minimum Gasteiger partial charge on any atom is -0.506 e. The molecule has 3 N–H and O–H groups in total. The molecule has 1 unspecified atom stereocenters. The largest absolute Gasteiger partial charge is 0.506 e. The molecule has 0 aliphatic heterocycles. The highest BCUT2D eigenvalue weighted by molar-refractivity contribution is 5.24. The van der Waals surface area contributed by atoms with E-state index in [2.05, 4.69) is 10.3 Å². The van der Waals surface area contributed by atoms with Gasteiger partial charge in [0.25, 0.3) is 0 Å². The third-order valence-corrected chi connectivity index (χ3v) is 2.01. The van der Waals surface area contributed by atoms with E-state index in [1.807, 2.05) is 6.92 Å². The first-order valence-electron chi connectivity index (χ1n) is 4.75. The van der Waals surface area contributed by atoms with E-state index in [0.717, 1.165) is 6.42 Å². The Morgan fingerprint density at radius 3 is 3.00 bits per heavy atom. The molecule has 0 aliphatic carbocycles. The van der Waals surface area contributed by atoms with Crippen molar-refractivity contribution in [2.45, 2.75) is 26.0 Å². The maximum atomic E-state index is 9.37. The molecule has 0 bridgehead atoms. The van der Waals surface area contributed by atoms with Gasteiger partial charge in [-0.2, -0.15) is 0 Å². The number of pyridine rings is 1. The van der Waals surface area contributed by atoms with E-state index in [0.29, 0.717) is 18.8 Å². The highest BCUT2D eigenvalue weighted by Gasteiger charge is 2.02. The van der Waals surface area contributed by atoms with Crippen LogP contribution in [0.3, 0.4) is 0 Å². The Hall–Kier alpha value is -1.13. The van der Waals surface area contributed by atoms with Crippen LogP contribution in [0, 0.1) is 0 Å². The molecule has 1 aromatic rings. The van der Waals surface area contributed by atoms with Crippen LogP contribution in [0.25, 0.3) is 0 Å².